The number of hydrogen-bond donors (Lipinski definition) is 1. The molecule has 5 aromatic rings. The first-order valence-corrected chi connectivity index (χ1v) is 13.8. The Labute approximate surface area is 238 Å². The van der Waals surface area contributed by atoms with Crippen molar-refractivity contribution in [2.45, 2.75) is 39.0 Å². The van der Waals surface area contributed by atoms with Crippen molar-refractivity contribution in [3.8, 4) is 22.5 Å². The van der Waals surface area contributed by atoms with E-state index in [4.69, 9.17) is 14.7 Å². The van der Waals surface area contributed by atoms with Crippen LogP contribution in [0.15, 0.2) is 78.0 Å². The van der Waals surface area contributed by atoms with E-state index in [2.05, 4.69) is 28.2 Å². The number of pyridine rings is 1. The molecule has 2 aromatic carbocycles. The number of hydrogen-bond acceptors (Lipinski definition) is 7. The van der Waals surface area contributed by atoms with Crippen LogP contribution in [0.25, 0.3) is 33.4 Å². The third-order valence-corrected chi connectivity index (χ3v) is 7.40. The van der Waals surface area contributed by atoms with Crippen molar-refractivity contribution in [1.82, 2.24) is 24.3 Å². The highest BCUT2D eigenvalue weighted by Crippen LogP contribution is 2.36. The minimum atomic E-state index is -0.898. The van der Waals surface area contributed by atoms with E-state index in [1.807, 2.05) is 55.7 Å². The molecular weight excluding hydrogens is 516 g/mol. The van der Waals surface area contributed by atoms with Gasteiger partial charge in [-0.3, -0.25) is 9.48 Å². The van der Waals surface area contributed by atoms with Gasteiger partial charge in [0.25, 0.3) is 5.56 Å². The van der Waals surface area contributed by atoms with Gasteiger partial charge in [0.15, 0.2) is 5.82 Å². The van der Waals surface area contributed by atoms with Gasteiger partial charge in [-0.2, -0.15) is 5.10 Å². The molecular formula is C32H34N6O3. The summed E-state index contributed by atoms with van der Waals surface area (Å²) in [6, 6.07) is 18.4. The Hall–Kier alpha value is -4.34. The average Bonchev–Trinajstić information content (AvgIpc) is 3.42. The molecule has 41 heavy (non-hydrogen) atoms. The topological polar surface area (TPSA) is 98.3 Å². The second kappa shape index (κ2) is 10.6. The minimum Gasteiger partial charge on any atom is -0.389 e. The quantitative estimate of drug-likeness (QED) is 0.332. The normalized spacial score (nSPS) is 15.9. The molecule has 0 unspecified atom stereocenters. The third-order valence-electron chi connectivity index (χ3n) is 7.40. The molecule has 1 fully saturated rings. The summed E-state index contributed by atoms with van der Waals surface area (Å²) in [6.45, 7) is 7.52. The number of ether oxygens (including phenoxy) is 1. The molecule has 4 heterocycles. The molecule has 9 heteroatoms. The number of anilines is 1. The molecule has 9 nitrogen and oxygen atoms in total. The standard InChI is InChI=1S/C32H34N6O3/c1-21-14-24(17-36(4)31(21)39)23-10-11-27-26(15-23)30(38-12-13-41-19-28(38)22-8-6-5-7-9-22)35-29(34-27)25-16-33-37(18-25)20-32(2,3)40/h5-11,14-18,28,40H,12-13,19-20H2,1-4H3/t28-/m1/s1. The van der Waals surface area contributed by atoms with E-state index < -0.39 is 5.60 Å². The second-order valence-electron chi connectivity index (χ2n) is 11.4. The van der Waals surface area contributed by atoms with E-state index in [9.17, 15) is 9.90 Å². The van der Waals surface area contributed by atoms with Gasteiger partial charge in [-0.25, -0.2) is 9.97 Å². The lowest BCUT2D eigenvalue weighted by atomic mass is 10.0. The van der Waals surface area contributed by atoms with Gasteiger partial charge in [0.05, 0.1) is 48.7 Å². The number of aliphatic hydroxyl groups is 1. The molecule has 210 valence electrons. The fourth-order valence-electron chi connectivity index (χ4n) is 5.45. The molecule has 1 aliphatic rings. The number of rotatable bonds is 6. The van der Waals surface area contributed by atoms with Gasteiger partial charge < -0.3 is 19.3 Å². The predicted octanol–water partition coefficient (Wildman–Crippen LogP) is 4.52. The molecule has 0 radical (unpaired) electrons. The Kier molecular flexibility index (Phi) is 6.93. The first kappa shape index (κ1) is 26.9. The zero-order valence-corrected chi connectivity index (χ0v) is 23.8. The molecule has 6 rings (SSSR count). The highest BCUT2D eigenvalue weighted by Gasteiger charge is 2.28. The molecule has 0 aliphatic carbocycles. The number of aryl methyl sites for hydroxylation is 2. The molecule has 1 N–H and O–H groups in total. The van der Waals surface area contributed by atoms with E-state index in [-0.39, 0.29) is 11.6 Å². The van der Waals surface area contributed by atoms with Crippen molar-refractivity contribution in [3.05, 3.63) is 94.7 Å². The molecule has 1 atom stereocenters. The monoisotopic (exact) mass is 550 g/mol. The zero-order chi connectivity index (χ0) is 28.7. The summed E-state index contributed by atoms with van der Waals surface area (Å²) in [5.74, 6) is 1.39. The Morgan fingerprint density at radius 3 is 2.59 bits per heavy atom. The van der Waals surface area contributed by atoms with E-state index in [1.165, 1.54) is 0 Å². The largest absolute Gasteiger partial charge is 0.389 e. The van der Waals surface area contributed by atoms with Crippen LogP contribution in [0.2, 0.25) is 0 Å². The highest BCUT2D eigenvalue weighted by molar-refractivity contribution is 5.94. The van der Waals surface area contributed by atoms with Gasteiger partial charge in [0.1, 0.15) is 5.82 Å². The third kappa shape index (κ3) is 5.51. The number of nitrogens with zero attached hydrogens (tertiary/aromatic N) is 6. The second-order valence-corrected chi connectivity index (χ2v) is 11.4. The van der Waals surface area contributed by atoms with Crippen LogP contribution in [0.4, 0.5) is 5.82 Å². The molecule has 0 spiro atoms. The van der Waals surface area contributed by atoms with Gasteiger partial charge in [-0.05, 0) is 55.7 Å². The summed E-state index contributed by atoms with van der Waals surface area (Å²) >= 11 is 0. The molecule has 0 amide bonds. The van der Waals surface area contributed by atoms with Crippen LogP contribution in [0.3, 0.4) is 0 Å². The van der Waals surface area contributed by atoms with Crippen molar-refractivity contribution < 1.29 is 9.84 Å². The lowest BCUT2D eigenvalue weighted by Crippen LogP contribution is -2.40. The van der Waals surface area contributed by atoms with Crippen LogP contribution in [0.5, 0.6) is 0 Å². The van der Waals surface area contributed by atoms with Gasteiger partial charge in [0, 0.05) is 36.9 Å². The van der Waals surface area contributed by atoms with Gasteiger partial charge in [0.2, 0.25) is 0 Å². The van der Waals surface area contributed by atoms with Crippen LogP contribution in [0, 0.1) is 6.92 Å². The number of aromatic nitrogens is 5. The maximum Gasteiger partial charge on any atom is 0.253 e. The molecule has 3 aromatic heterocycles. The summed E-state index contributed by atoms with van der Waals surface area (Å²) in [4.78, 5) is 24.8. The van der Waals surface area contributed by atoms with E-state index >= 15 is 0 Å². The molecule has 1 aliphatic heterocycles. The minimum absolute atomic E-state index is 0.00708. The lowest BCUT2D eigenvalue weighted by Gasteiger charge is -2.37. The Balaban J connectivity index is 1.53. The van der Waals surface area contributed by atoms with Crippen LogP contribution < -0.4 is 10.5 Å². The fourth-order valence-corrected chi connectivity index (χ4v) is 5.45. The summed E-state index contributed by atoms with van der Waals surface area (Å²) in [5.41, 5.74) is 4.47. The Bertz CT molecular complexity index is 1740. The van der Waals surface area contributed by atoms with Crippen molar-refractivity contribution in [2.24, 2.45) is 7.05 Å². The smallest absolute Gasteiger partial charge is 0.253 e. The highest BCUT2D eigenvalue weighted by atomic mass is 16.5. The van der Waals surface area contributed by atoms with Crippen LogP contribution in [-0.4, -0.2) is 54.8 Å². The van der Waals surface area contributed by atoms with Crippen LogP contribution >= 0.6 is 0 Å². The number of morpholine rings is 1. The zero-order valence-electron chi connectivity index (χ0n) is 23.8. The van der Waals surface area contributed by atoms with Crippen molar-refractivity contribution in [2.75, 3.05) is 24.7 Å². The SMILES string of the molecule is Cc1cc(-c2ccc3nc(-c4cnn(CC(C)(C)O)c4)nc(N4CCOC[C@@H]4c4ccccc4)c3c2)cn(C)c1=O. The summed E-state index contributed by atoms with van der Waals surface area (Å²) < 4.78 is 9.28. The van der Waals surface area contributed by atoms with Crippen molar-refractivity contribution in [3.63, 3.8) is 0 Å². The van der Waals surface area contributed by atoms with Crippen molar-refractivity contribution >= 4 is 16.7 Å². The Morgan fingerprint density at radius 2 is 1.83 bits per heavy atom. The van der Waals surface area contributed by atoms with Crippen molar-refractivity contribution in [1.29, 1.82) is 0 Å². The fraction of sp³-hybridized carbons (Fsp3) is 0.312. The van der Waals surface area contributed by atoms with E-state index in [1.54, 1.807) is 36.3 Å². The molecule has 0 saturated carbocycles. The van der Waals surface area contributed by atoms with Crippen LogP contribution in [0.1, 0.15) is 31.0 Å². The van der Waals surface area contributed by atoms with Gasteiger partial charge in [-0.15, -0.1) is 0 Å². The maximum atomic E-state index is 12.4. The van der Waals surface area contributed by atoms with Gasteiger partial charge >= 0.3 is 0 Å². The average molecular weight is 551 g/mol. The summed E-state index contributed by atoms with van der Waals surface area (Å²) in [5, 5.41) is 15.7. The van der Waals surface area contributed by atoms with Crippen LogP contribution in [-0.2, 0) is 18.3 Å². The number of fused-ring (bicyclic) bond motifs is 1. The lowest BCUT2D eigenvalue weighted by molar-refractivity contribution is 0.0577. The summed E-state index contributed by atoms with van der Waals surface area (Å²) in [7, 11) is 1.77. The Morgan fingerprint density at radius 1 is 1.02 bits per heavy atom. The molecule has 1 saturated heterocycles. The number of benzene rings is 2. The summed E-state index contributed by atoms with van der Waals surface area (Å²) in [6.07, 6.45) is 5.48. The van der Waals surface area contributed by atoms with E-state index in [0.29, 0.717) is 37.7 Å². The maximum absolute atomic E-state index is 12.4. The predicted molar refractivity (Wildman–Crippen MR) is 160 cm³/mol. The van der Waals surface area contributed by atoms with Gasteiger partial charge in [-0.1, -0.05) is 36.4 Å². The molecule has 0 bridgehead atoms. The van der Waals surface area contributed by atoms with E-state index in [0.717, 1.165) is 39.0 Å². The first-order chi connectivity index (χ1) is 19.7. The first-order valence-electron chi connectivity index (χ1n) is 13.8.